The minimum absolute atomic E-state index is 0.537. The highest BCUT2D eigenvalue weighted by Gasteiger charge is 2.02. The van der Waals surface area contributed by atoms with Crippen LogP contribution < -0.4 is 10.5 Å². The van der Waals surface area contributed by atoms with Crippen molar-refractivity contribution in [2.75, 3.05) is 13.2 Å². The van der Waals surface area contributed by atoms with E-state index in [1.165, 1.54) is 11.5 Å². The second kappa shape index (κ2) is 3.72. The van der Waals surface area contributed by atoms with E-state index in [0.29, 0.717) is 13.2 Å². The van der Waals surface area contributed by atoms with E-state index in [4.69, 9.17) is 10.5 Å². The molecule has 0 fully saturated rings. The molecule has 68 valence electrons. The first-order valence-electron chi connectivity index (χ1n) is 4.08. The van der Waals surface area contributed by atoms with Crippen LogP contribution in [0, 0.1) is 0 Å². The van der Waals surface area contributed by atoms with E-state index in [2.05, 4.69) is 4.37 Å². The summed E-state index contributed by atoms with van der Waals surface area (Å²) in [5.74, 6) is 0.880. The van der Waals surface area contributed by atoms with Crippen LogP contribution in [-0.2, 0) is 0 Å². The standard InChI is InChI=1S/C9H10N2OS/c10-4-5-12-8-3-1-2-7-6-11-13-9(7)8/h1-3,6H,4-5,10H2. The fourth-order valence-electron chi connectivity index (χ4n) is 1.15. The number of rotatable bonds is 3. The predicted octanol–water partition coefficient (Wildman–Crippen LogP) is 1.63. The summed E-state index contributed by atoms with van der Waals surface area (Å²) in [6.45, 7) is 1.09. The molecule has 0 aliphatic heterocycles. The number of hydrogen-bond acceptors (Lipinski definition) is 4. The number of aromatic nitrogens is 1. The maximum atomic E-state index is 5.47. The highest BCUT2D eigenvalue weighted by molar-refractivity contribution is 7.13. The third-order valence-electron chi connectivity index (χ3n) is 1.72. The van der Waals surface area contributed by atoms with E-state index in [-0.39, 0.29) is 0 Å². The van der Waals surface area contributed by atoms with E-state index in [0.717, 1.165) is 15.8 Å². The molecule has 2 N–H and O–H groups in total. The first-order chi connectivity index (χ1) is 6.42. The summed E-state index contributed by atoms with van der Waals surface area (Å²) in [7, 11) is 0. The lowest BCUT2D eigenvalue weighted by atomic mass is 10.3. The van der Waals surface area contributed by atoms with Gasteiger partial charge >= 0.3 is 0 Å². The van der Waals surface area contributed by atoms with Crippen molar-refractivity contribution in [3.8, 4) is 5.75 Å². The number of nitrogens with zero attached hydrogens (tertiary/aromatic N) is 1. The minimum atomic E-state index is 0.537. The van der Waals surface area contributed by atoms with Gasteiger partial charge in [0.05, 0.1) is 4.70 Å². The molecular weight excluding hydrogens is 184 g/mol. The second-order valence-corrected chi connectivity index (χ2v) is 3.44. The van der Waals surface area contributed by atoms with Crippen molar-refractivity contribution < 1.29 is 4.74 Å². The number of nitrogens with two attached hydrogens (primary N) is 1. The van der Waals surface area contributed by atoms with E-state index in [1.54, 1.807) is 0 Å². The zero-order valence-corrected chi connectivity index (χ0v) is 7.88. The number of fused-ring (bicyclic) bond motifs is 1. The van der Waals surface area contributed by atoms with E-state index in [9.17, 15) is 0 Å². The molecule has 0 aliphatic rings. The summed E-state index contributed by atoms with van der Waals surface area (Å²) in [6.07, 6.45) is 1.84. The molecule has 0 atom stereocenters. The van der Waals surface area contributed by atoms with Crippen LogP contribution in [0.2, 0.25) is 0 Å². The third kappa shape index (κ3) is 1.64. The average molecular weight is 194 g/mol. The molecule has 2 rings (SSSR count). The minimum Gasteiger partial charge on any atom is -0.491 e. The predicted molar refractivity (Wildman–Crippen MR) is 54.2 cm³/mol. The smallest absolute Gasteiger partial charge is 0.138 e. The van der Waals surface area contributed by atoms with Gasteiger partial charge in [-0.25, -0.2) is 0 Å². The molecule has 1 aromatic carbocycles. The monoisotopic (exact) mass is 194 g/mol. The third-order valence-corrected chi connectivity index (χ3v) is 2.55. The van der Waals surface area contributed by atoms with Gasteiger partial charge in [-0.2, -0.15) is 4.37 Å². The Bertz CT molecular complexity index is 399. The van der Waals surface area contributed by atoms with Gasteiger partial charge in [0.2, 0.25) is 0 Å². The Morgan fingerprint density at radius 3 is 3.23 bits per heavy atom. The van der Waals surface area contributed by atoms with Crippen LogP contribution in [0.3, 0.4) is 0 Å². The summed E-state index contributed by atoms with van der Waals surface area (Å²) >= 11 is 1.45. The molecule has 0 saturated heterocycles. The van der Waals surface area contributed by atoms with Gasteiger partial charge in [0.15, 0.2) is 0 Å². The van der Waals surface area contributed by atoms with E-state index in [1.807, 2.05) is 24.4 Å². The van der Waals surface area contributed by atoms with Crippen molar-refractivity contribution in [3.63, 3.8) is 0 Å². The summed E-state index contributed by atoms with van der Waals surface area (Å²) in [6, 6.07) is 5.92. The van der Waals surface area contributed by atoms with Gasteiger partial charge in [0.1, 0.15) is 12.4 Å². The van der Waals surface area contributed by atoms with Gasteiger partial charge in [-0.1, -0.05) is 12.1 Å². The highest BCUT2D eigenvalue weighted by atomic mass is 32.1. The van der Waals surface area contributed by atoms with Crippen molar-refractivity contribution in [2.24, 2.45) is 5.73 Å². The molecular formula is C9H10N2OS. The van der Waals surface area contributed by atoms with Crippen LogP contribution in [0.15, 0.2) is 24.4 Å². The lowest BCUT2D eigenvalue weighted by molar-refractivity contribution is 0.332. The number of ether oxygens (including phenoxy) is 1. The van der Waals surface area contributed by atoms with Crippen LogP contribution in [-0.4, -0.2) is 17.5 Å². The first kappa shape index (κ1) is 8.47. The Kier molecular flexibility index (Phi) is 2.42. The Labute approximate surface area is 80.3 Å². The van der Waals surface area contributed by atoms with Crippen LogP contribution >= 0.6 is 11.5 Å². The molecule has 0 spiro atoms. The summed E-state index contributed by atoms with van der Waals surface area (Å²) in [4.78, 5) is 0. The molecule has 13 heavy (non-hydrogen) atoms. The van der Waals surface area contributed by atoms with Gasteiger partial charge in [-0.3, -0.25) is 0 Å². The zero-order chi connectivity index (χ0) is 9.10. The second-order valence-electron chi connectivity index (χ2n) is 2.64. The molecule has 0 aliphatic carbocycles. The maximum Gasteiger partial charge on any atom is 0.138 e. The Hall–Kier alpha value is -1.13. The summed E-state index contributed by atoms with van der Waals surface area (Å²) < 4.78 is 10.7. The highest BCUT2D eigenvalue weighted by Crippen LogP contribution is 2.28. The molecule has 0 amide bonds. The van der Waals surface area contributed by atoms with E-state index < -0.39 is 0 Å². The van der Waals surface area contributed by atoms with Crippen molar-refractivity contribution in [1.82, 2.24) is 4.37 Å². The Morgan fingerprint density at radius 1 is 1.46 bits per heavy atom. The Morgan fingerprint density at radius 2 is 2.38 bits per heavy atom. The molecule has 1 heterocycles. The van der Waals surface area contributed by atoms with Crippen molar-refractivity contribution in [3.05, 3.63) is 24.4 Å². The largest absolute Gasteiger partial charge is 0.491 e. The van der Waals surface area contributed by atoms with Crippen LogP contribution in [0.4, 0.5) is 0 Å². The Balaban J connectivity index is 2.37. The number of benzene rings is 1. The fraction of sp³-hybridized carbons (Fsp3) is 0.222. The van der Waals surface area contributed by atoms with Crippen LogP contribution in [0.5, 0.6) is 5.75 Å². The molecule has 0 saturated carbocycles. The summed E-state index contributed by atoms with van der Waals surface area (Å²) in [5.41, 5.74) is 5.36. The quantitative estimate of drug-likeness (QED) is 0.808. The number of hydrogen-bond donors (Lipinski definition) is 1. The maximum absolute atomic E-state index is 5.47. The summed E-state index contributed by atoms with van der Waals surface area (Å²) in [5, 5.41) is 1.12. The van der Waals surface area contributed by atoms with Gasteiger partial charge in [-0.15, -0.1) is 0 Å². The van der Waals surface area contributed by atoms with Crippen LogP contribution in [0.25, 0.3) is 10.1 Å². The van der Waals surface area contributed by atoms with Gasteiger partial charge in [-0.05, 0) is 17.6 Å². The molecule has 0 radical (unpaired) electrons. The lowest BCUT2D eigenvalue weighted by Crippen LogP contribution is -2.10. The van der Waals surface area contributed by atoms with Gasteiger partial charge in [0.25, 0.3) is 0 Å². The van der Waals surface area contributed by atoms with Gasteiger partial charge < -0.3 is 10.5 Å². The van der Waals surface area contributed by atoms with Crippen molar-refractivity contribution >= 4 is 21.6 Å². The molecule has 1 aromatic heterocycles. The molecule has 0 unspecified atom stereocenters. The first-order valence-corrected chi connectivity index (χ1v) is 4.85. The van der Waals surface area contributed by atoms with E-state index >= 15 is 0 Å². The van der Waals surface area contributed by atoms with Gasteiger partial charge in [0, 0.05) is 18.1 Å². The molecule has 2 aromatic rings. The van der Waals surface area contributed by atoms with Crippen molar-refractivity contribution in [1.29, 1.82) is 0 Å². The zero-order valence-electron chi connectivity index (χ0n) is 7.06. The van der Waals surface area contributed by atoms with Crippen molar-refractivity contribution in [2.45, 2.75) is 0 Å². The van der Waals surface area contributed by atoms with Crippen LogP contribution in [0.1, 0.15) is 0 Å². The average Bonchev–Trinajstić information content (AvgIpc) is 2.62. The molecule has 4 heteroatoms. The molecule has 3 nitrogen and oxygen atoms in total. The SMILES string of the molecule is NCCOc1cccc2cnsc12. The molecule has 0 bridgehead atoms. The lowest BCUT2D eigenvalue weighted by Gasteiger charge is -2.03. The topological polar surface area (TPSA) is 48.1 Å². The fourth-order valence-corrected chi connectivity index (χ4v) is 1.87. The normalized spacial score (nSPS) is 10.5.